The third kappa shape index (κ3) is 2.05. The first-order valence-corrected chi connectivity index (χ1v) is 7.52. The van der Waals surface area contributed by atoms with E-state index < -0.39 is 11.0 Å². The number of nitrogens with zero attached hydrogens (tertiary/aromatic N) is 3. The third-order valence-electron chi connectivity index (χ3n) is 4.51. The zero-order valence-corrected chi connectivity index (χ0v) is 12.6. The maximum atomic E-state index is 12.7. The topological polar surface area (TPSA) is 83.8 Å². The van der Waals surface area contributed by atoms with Crippen molar-refractivity contribution in [2.75, 3.05) is 4.90 Å². The summed E-state index contributed by atoms with van der Waals surface area (Å²) in [6.07, 6.45) is 0.490. The van der Waals surface area contributed by atoms with Crippen LogP contribution in [-0.2, 0) is 17.8 Å². The van der Waals surface area contributed by atoms with Gasteiger partial charge in [-0.3, -0.25) is 14.9 Å². The van der Waals surface area contributed by atoms with Crippen molar-refractivity contribution >= 4 is 23.3 Å². The van der Waals surface area contributed by atoms with Gasteiger partial charge in [-0.15, -0.1) is 0 Å². The van der Waals surface area contributed by atoms with Crippen molar-refractivity contribution in [2.45, 2.75) is 19.0 Å². The molecule has 1 atom stereocenters. The van der Waals surface area contributed by atoms with Gasteiger partial charge in [0.05, 0.1) is 10.6 Å². The Morgan fingerprint density at radius 2 is 1.67 bits per heavy atom. The summed E-state index contributed by atoms with van der Waals surface area (Å²) in [5.74, 6) is -0.289. The molecule has 0 unspecified atom stereocenters. The average molecular weight is 323 g/mol. The number of amides is 3. The molecule has 0 saturated carbocycles. The van der Waals surface area contributed by atoms with Gasteiger partial charge in [-0.05, 0) is 23.3 Å². The molecule has 7 heteroatoms. The first kappa shape index (κ1) is 14.4. The number of benzene rings is 2. The summed E-state index contributed by atoms with van der Waals surface area (Å²) in [4.78, 5) is 38.3. The van der Waals surface area contributed by atoms with E-state index in [2.05, 4.69) is 0 Å². The minimum absolute atomic E-state index is 0.0806. The Labute approximate surface area is 137 Å². The van der Waals surface area contributed by atoms with Crippen molar-refractivity contribution in [3.8, 4) is 0 Å². The van der Waals surface area contributed by atoms with E-state index in [4.69, 9.17) is 0 Å². The molecule has 0 N–H and O–H groups in total. The molecule has 2 aromatic carbocycles. The van der Waals surface area contributed by atoms with Crippen molar-refractivity contribution in [1.82, 2.24) is 4.90 Å². The molecule has 1 saturated heterocycles. The summed E-state index contributed by atoms with van der Waals surface area (Å²) in [7, 11) is 0. The highest BCUT2D eigenvalue weighted by Crippen LogP contribution is 2.33. The summed E-state index contributed by atoms with van der Waals surface area (Å²) >= 11 is 0. The predicted molar refractivity (Wildman–Crippen MR) is 85.5 cm³/mol. The molecule has 2 aliphatic rings. The van der Waals surface area contributed by atoms with Gasteiger partial charge in [0.2, 0.25) is 0 Å². The molecule has 0 aromatic heterocycles. The maximum absolute atomic E-state index is 12.7. The minimum atomic E-state index is -0.517. The Balaban J connectivity index is 1.67. The lowest BCUT2D eigenvalue weighted by Gasteiger charge is -2.28. The standard InChI is InChI=1S/C17H13N3O4/c21-16-15-9-11-3-1-2-4-12(11)10-18(15)17(22)19(16)13-5-7-14(8-6-13)20(23)24/h1-8,15H,9-10H2/t15-/m0/s1. The number of hydrogen-bond donors (Lipinski definition) is 0. The SMILES string of the molecule is O=C1[C@@H]2Cc3ccccc3CN2C(=O)N1c1ccc([N+](=O)[O-])cc1. The molecule has 3 amide bonds. The molecule has 4 rings (SSSR count). The molecule has 2 heterocycles. The normalized spacial score (nSPS) is 19.2. The Morgan fingerprint density at radius 1 is 1.00 bits per heavy atom. The minimum Gasteiger partial charge on any atom is -0.307 e. The predicted octanol–water partition coefficient (Wildman–Crippen LogP) is 2.49. The van der Waals surface area contributed by atoms with E-state index in [1.54, 1.807) is 4.90 Å². The van der Waals surface area contributed by atoms with E-state index in [-0.39, 0.29) is 17.6 Å². The Kier molecular flexibility index (Phi) is 3.09. The number of carbonyl (C=O) groups excluding carboxylic acids is 2. The third-order valence-corrected chi connectivity index (χ3v) is 4.51. The van der Waals surface area contributed by atoms with Crippen LogP contribution in [-0.4, -0.2) is 27.8 Å². The highest BCUT2D eigenvalue weighted by atomic mass is 16.6. The number of nitro groups is 1. The highest BCUT2D eigenvalue weighted by molar-refractivity contribution is 6.21. The highest BCUT2D eigenvalue weighted by Gasteiger charge is 2.47. The van der Waals surface area contributed by atoms with Crippen LogP contribution in [0.1, 0.15) is 11.1 Å². The van der Waals surface area contributed by atoms with Crippen molar-refractivity contribution in [1.29, 1.82) is 0 Å². The van der Waals surface area contributed by atoms with E-state index in [1.807, 2.05) is 24.3 Å². The number of anilines is 1. The molecule has 24 heavy (non-hydrogen) atoms. The van der Waals surface area contributed by atoms with Crippen molar-refractivity contribution in [3.63, 3.8) is 0 Å². The molecule has 0 aliphatic carbocycles. The summed E-state index contributed by atoms with van der Waals surface area (Å²) < 4.78 is 0. The molecule has 7 nitrogen and oxygen atoms in total. The fourth-order valence-corrected chi connectivity index (χ4v) is 3.28. The number of nitro benzene ring substituents is 1. The largest absolute Gasteiger partial charge is 0.332 e. The summed E-state index contributed by atoms with van der Waals surface area (Å²) in [6, 6.07) is 12.3. The fourth-order valence-electron chi connectivity index (χ4n) is 3.28. The Hall–Kier alpha value is -3.22. The molecule has 2 aromatic rings. The lowest BCUT2D eigenvalue weighted by molar-refractivity contribution is -0.384. The number of urea groups is 1. The van der Waals surface area contributed by atoms with Crippen LogP contribution in [0.3, 0.4) is 0 Å². The number of carbonyl (C=O) groups is 2. The quantitative estimate of drug-likeness (QED) is 0.483. The summed E-state index contributed by atoms with van der Waals surface area (Å²) in [5.41, 5.74) is 2.39. The van der Waals surface area contributed by atoms with Gasteiger partial charge < -0.3 is 4.90 Å². The lowest BCUT2D eigenvalue weighted by Crippen LogP contribution is -2.39. The van der Waals surface area contributed by atoms with Crippen LogP contribution in [0.5, 0.6) is 0 Å². The smallest absolute Gasteiger partial charge is 0.307 e. The second-order valence-electron chi connectivity index (χ2n) is 5.85. The van der Waals surface area contributed by atoms with Gasteiger partial charge >= 0.3 is 6.03 Å². The van der Waals surface area contributed by atoms with E-state index in [9.17, 15) is 19.7 Å². The van der Waals surface area contributed by atoms with Gasteiger partial charge in [-0.25, -0.2) is 9.69 Å². The van der Waals surface area contributed by atoms with Crippen LogP contribution in [0.15, 0.2) is 48.5 Å². The van der Waals surface area contributed by atoms with Gasteiger partial charge in [0, 0.05) is 25.1 Å². The average Bonchev–Trinajstić information content (AvgIpc) is 2.84. The van der Waals surface area contributed by atoms with Crippen molar-refractivity contribution in [3.05, 3.63) is 69.8 Å². The van der Waals surface area contributed by atoms with Gasteiger partial charge in [-0.2, -0.15) is 0 Å². The lowest BCUT2D eigenvalue weighted by atomic mass is 9.95. The van der Waals surface area contributed by atoms with Gasteiger partial charge in [-0.1, -0.05) is 24.3 Å². The van der Waals surface area contributed by atoms with Crippen LogP contribution >= 0.6 is 0 Å². The number of imide groups is 1. The van der Waals surface area contributed by atoms with E-state index in [0.717, 1.165) is 16.0 Å². The Morgan fingerprint density at radius 3 is 2.33 bits per heavy atom. The van der Waals surface area contributed by atoms with Gasteiger partial charge in [0.15, 0.2) is 0 Å². The van der Waals surface area contributed by atoms with Crippen molar-refractivity contribution in [2.24, 2.45) is 0 Å². The molecule has 0 spiro atoms. The second-order valence-corrected chi connectivity index (χ2v) is 5.85. The van der Waals surface area contributed by atoms with Crippen LogP contribution in [0.2, 0.25) is 0 Å². The number of fused-ring (bicyclic) bond motifs is 2. The molecule has 120 valence electrons. The first-order chi connectivity index (χ1) is 11.6. The molecule has 0 bridgehead atoms. The molecule has 2 aliphatic heterocycles. The molecule has 0 radical (unpaired) electrons. The molecular formula is C17H13N3O4. The van der Waals surface area contributed by atoms with E-state index in [0.29, 0.717) is 18.7 Å². The van der Waals surface area contributed by atoms with Crippen molar-refractivity contribution < 1.29 is 14.5 Å². The maximum Gasteiger partial charge on any atom is 0.332 e. The monoisotopic (exact) mass is 323 g/mol. The first-order valence-electron chi connectivity index (χ1n) is 7.52. The molecule has 1 fully saturated rings. The van der Waals surface area contributed by atoms with Crippen LogP contribution < -0.4 is 4.90 Å². The van der Waals surface area contributed by atoms with E-state index in [1.165, 1.54) is 24.3 Å². The number of rotatable bonds is 2. The number of hydrogen-bond acceptors (Lipinski definition) is 4. The number of non-ortho nitro benzene ring substituents is 1. The van der Waals surface area contributed by atoms with Crippen LogP contribution in [0, 0.1) is 10.1 Å². The fraction of sp³-hybridized carbons (Fsp3) is 0.176. The zero-order valence-electron chi connectivity index (χ0n) is 12.6. The zero-order chi connectivity index (χ0) is 16.8. The summed E-state index contributed by atoms with van der Waals surface area (Å²) in [5, 5.41) is 10.7. The second kappa shape index (κ2) is 5.16. The van der Waals surface area contributed by atoms with Gasteiger partial charge in [0.25, 0.3) is 11.6 Å². The van der Waals surface area contributed by atoms with Crippen LogP contribution in [0.4, 0.5) is 16.2 Å². The van der Waals surface area contributed by atoms with E-state index >= 15 is 0 Å². The Bertz CT molecular complexity index is 819. The molecular weight excluding hydrogens is 310 g/mol. The summed E-state index contributed by atoms with van der Waals surface area (Å²) in [6.45, 7) is 0.398. The van der Waals surface area contributed by atoms with Crippen LogP contribution in [0.25, 0.3) is 0 Å². The van der Waals surface area contributed by atoms with Gasteiger partial charge in [0.1, 0.15) is 6.04 Å².